The molecule has 2 saturated heterocycles. The molecule has 0 radical (unpaired) electrons. The van der Waals surface area contributed by atoms with Gasteiger partial charge in [-0.3, -0.25) is 4.79 Å². The van der Waals surface area contributed by atoms with Gasteiger partial charge in [-0.05, 0) is 19.3 Å². The van der Waals surface area contributed by atoms with E-state index < -0.39 is 5.41 Å². The van der Waals surface area contributed by atoms with Gasteiger partial charge in [0.05, 0.1) is 19.8 Å². The molecule has 2 aliphatic heterocycles. The highest BCUT2D eigenvalue weighted by Crippen LogP contribution is 2.30. The average Bonchev–Trinajstić information content (AvgIpc) is 2.18. The summed E-state index contributed by atoms with van der Waals surface area (Å²) in [6.45, 7) is 2.39. The quantitative estimate of drug-likeness (QED) is 0.681. The maximum absolute atomic E-state index is 12.0. The Kier molecular flexibility index (Phi) is 2.74. The van der Waals surface area contributed by atoms with Gasteiger partial charge in [-0.15, -0.1) is 0 Å². The van der Waals surface area contributed by atoms with Crippen LogP contribution in [0.2, 0.25) is 0 Å². The summed E-state index contributed by atoms with van der Waals surface area (Å²) in [5.41, 5.74) is -0.600. The van der Waals surface area contributed by atoms with Gasteiger partial charge in [0.25, 0.3) is 0 Å². The van der Waals surface area contributed by atoms with Crippen molar-refractivity contribution in [2.75, 3.05) is 32.9 Å². The van der Waals surface area contributed by atoms with Gasteiger partial charge in [-0.1, -0.05) is 0 Å². The van der Waals surface area contributed by atoms with E-state index in [1.165, 1.54) is 6.42 Å². The Morgan fingerprint density at radius 1 is 1.29 bits per heavy atom. The van der Waals surface area contributed by atoms with E-state index >= 15 is 0 Å². The number of nitrogens with zero attached hydrogens (tertiary/aromatic N) is 1. The number of hydrogen-bond acceptors (Lipinski definition) is 3. The Balaban J connectivity index is 1.98. The van der Waals surface area contributed by atoms with E-state index in [9.17, 15) is 9.90 Å². The minimum absolute atomic E-state index is 0.0810. The molecule has 0 aliphatic carbocycles. The van der Waals surface area contributed by atoms with Crippen LogP contribution in [-0.2, 0) is 9.53 Å². The lowest BCUT2D eigenvalue weighted by molar-refractivity contribution is -0.181. The molecule has 2 fully saturated rings. The molecule has 0 aromatic heterocycles. The molecule has 0 atom stereocenters. The van der Waals surface area contributed by atoms with Crippen LogP contribution < -0.4 is 0 Å². The summed E-state index contributed by atoms with van der Waals surface area (Å²) in [5.74, 6) is 0.0888. The Bertz CT molecular complexity index is 214. The van der Waals surface area contributed by atoms with Crippen LogP contribution in [0.1, 0.15) is 19.3 Å². The van der Waals surface area contributed by atoms with Crippen molar-refractivity contribution < 1.29 is 14.6 Å². The zero-order valence-corrected chi connectivity index (χ0v) is 8.37. The van der Waals surface area contributed by atoms with E-state index in [1.54, 1.807) is 0 Å². The molecule has 0 aromatic carbocycles. The van der Waals surface area contributed by atoms with Crippen LogP contribution in [0.5, 0.6) is 0 Å². The van der Waals surface area contributed by atoms with Crippen molar-refractivity contribution in [1.82, 2.24) is 4.90 Å². The van der Waals surface area contributed by atoms with Gasteiger partial charge in [0.2, 0.25) is 5.91 Å². The molecule has 14 heavy (non-hydrogen) atoms. The van der Waals surface area contributed by atoms with Gasteiger partial charge >= 0.3 is 0 Å². The molecule has 2 aliphatic rings. The lowest BCUT2D eigenvalue weighted by atomic mass is 9.85. The molecule has 4 heteroatoms. The number of piperidine rings is 1. The van der Waals surface area contributed by atoms with Crippen LogP contribution in [0.4, 0.5) is 0 Å². The van der Waals surface area contributed by atoms with Gasteiger partial charge < -0.3 is 14.7 Å². The van der Waals surface area contributed by atoms with Crippen LogP contribution in [0, 0.1) is 5.41 Å². The first-order valence-electron chi connectivity index (χ1n) is 5.26. The highest BCUT2D eigenvalue weighted by atomic mass is 16.5. The van der Waals surface area contributed by atoms with E-state index in [2.05, 4.69) is 0 Å². The second-order valence-electron chi connectivity index (χ2n) is 4.28. The third kappa shape index (κ3) is 1.53. The monoisotopic (exact) mass is 199 g/mol. The van der Waals surface area contributed by atoms with Crippen molar-refractivity contribution in [3.05, 3.63) is 0 Å². The molecule has 0 aromatic rings. The lowest BCUT2D eigenvalue weighted by Crippen LogP contribution is -2.58. The molecule has 0 bridgehead atoms. The van der Waals surface area contributed by atoms with Crippen molar-refractivity contribution >= 4 is 5.91 Å². The fraction of sp³-hybridized carbons (Fsp3) is 0.900. The van der Waals surface area contributed by atoms with Crippen LogP contribution in [0.15, 0.2) is 0 Å². The fourth-order valence-electron chi connectivity index (χ4n) is 2.06. The first kappa shape index (κ1) is 9.93. The fourth-order valence-corrected chi connectivity index (χ4v) is 2.06. The highest BCUT2D eigenvalue weighted by molar-refractivity contribution is 5.84. The third-order valence-corrected chi connectivity index (χ3v) is 3.16. The summed E-state index contributed by atoms with van der Waals surface area (Å²) in [7, 11) is 0. The molecule has 80 valence electrons. The Hall–Kier alpha value is -0.610. The molecule has 2 heterocycles. The summed E-state index contributed by atoms with van der Waals surface area (Å²) in [5, 5.41) is 9.21. The number of aliphatic hydroxyl groups excluding tert-OH is 1. The normalized spacial score (nSPS) is 25.6. The first-order valence-corrected chi connectivity index (χ1v) is 5.26. The Morgan fingerprint density at radius 3 is 2.36 bits per heavy atom. The van der Waals surface area contributed by atoms with Crippen LogP contribution in [0.3, 0.4) is 0 Å². The number of ether oxygens (including phenoxy) is 1. The van der Waals surface area contributed by atoms with Crippen molar-refractivity contribution in [3.8, 4) is 0 Å². The van der Waals surface area contributed by atoms with Gasteiger partial charge in [-0.2, -0.15) is 0 Å². The molecule has 0 saturated carbocycles. The van der Waals surface area contributed by atoms with Crippen LogP contribution >= 0.6 is 0 Å². The number of hydrogen-bond donors (Lipinski definition) is 1. The van der Waals surface area contributed by atoms with E-state index in [4.69, 9.17) is 4.74 Å². The van der Waals surface area contributed by atoms with Crippen molar-refractivity contribution in [2.45, 2.75) is 19.3 Å². The van der Waals surface area contributed by atoms with Gasteiger partial charge in [-0.25, -0.2) is 0 Å². The van der Waals surface area contributed by atoms with Crippen LogP contribution in [0.25, 0.3) is 0 Å². The van der Waals surface area contributed by atoms with Gasteiger partial charge in [0.1, 0.15) is 5.41 Å². The second kappa shape index (κ2) is 3.87. The van der Waals surface area contributed by atoms with Gasteiger partial charge in [0.15, 0.2) is 0 Å². The summed E-state index contributed by atoms with van der Waals surface area (Å²) in [6, 6.07) is 0. The lowest BCUT2D eigenvalue weighted by Gasteiger charge is -2.42. The number of amides is 1. The molecular weight excluding hydrogens is 182 g/mol. The van der Waals surface area contributed by atoms with Crippen molar-refractivity contribution in [1.29, 1.82) is 0 Å². The number of aliphatic hydroxyl groups is 1. The first-order chi connectivity index (χ1) is 6.78. The zero-order valence-electron chi connectivity index (χ0n) is 8.37. The number of carbonyl (C=O) groups is 1. The minimum atomic E-state index is -0.600. The number of carbonyl (C=O) groups excluding carboxylic acids is 1. The van der Waals surface area contributed by atoms with E-state index in [0.717, 1.165) is 25.9 Å². The van der Waals surface area contributed by atoms with Crippen molar-refractivity contribution in [2.24, 2.45) is 5.41 Å². The van der Waals surface area contributed by atoms with Crippen molar-refractivity contribution in [3.63, 3.8) is 0 Å². The summed E-state index contributed by atoms with van der Waals surface area (Å²) in [6.07, 6.45) is 3.40. The van der Waals surface area contributed by atoms with E-state index in [0.29, 0.717) is 13.2 Å². The minimum Gasteiger partial charge on any atom is -0.395 e. The third-order valence-electron chi connectivity index (χ3n) is 3.16. The number of rotatable bonds is 2. The Labute approximate surface area is 83.8 Å². The molecule has 4 nitrogen and oxygen atoms in total. The largest absolute Gasteiger partial charge is 0.395 e. The predicted octanol–water partition coefficient (Wildman–Crippen LogP) is 0.00780. The zero-order chi connectivity index (χ0) is 10.0. The SMILES string of the molecule is O=C(N1CCCCC1)C1(CO)COC1. The molecule has 1 N–H and O–H groups in total. The second-order valence-corrected chi connectivity index (χ2v) is 4.28. The molecule has 0 unspecified atom stereocenters. The summed E-state index contributed by atoms with van der Waals surface area (Å²) >= 11 is 0. The topological polar surface area (TPSA) is 49.8 Å². The average molecular weight is 199 g/mol. The molecule has 1 amide bonds. The molecule has 0 spiro atoms. The summed E-state index contributed by atoms with van der Waals surface area (Å²) < 4.78 is 5.03. The maximum Gasteiger partial charge on any atom is 0.235 e. The van der Waals surface area contributed by atoms with Crippen LogP contribution in [-0.4, -0.2) is 48.8 Å². The Morgan fingerprint density at radius 2 is 1.93 bits per heavy atom. The summed E-state index contributed by atoms with van der Waals surface area (Å²) in [4.78, 5) is 13.9. The molecular formula is C10H17NO3. The predicted molar refractivity (Wildman–Crippen MR) is 50.8 cm³/mol. The van der Waals surface area contributed by atoms with Gasteiger partial charge in [0, 0.05) is 13.1 Å². The maximum atomic E-state index is 12.0. The van der Waals surface area contributed by atoms with E-state index in [-0.39, 0.29) is 12.5 Å². The van der Waals surface area contributed by atoms with E-state index in [1.807, 2.05) is 4.90 Å². The molecule has 2 rings (SSSR count). The highest BCUT2D eigenvalue weighted by Gasteiger charge is 2.47. The smallest absolute Gasteiger partial charge is 0.235 e. The standard InChI is InChI=1S/C10H17NO3/c12-6-10(7-14-8-10)9(13)11-4-2-1-3-5-11/h12H,1-8H2. The number of likely N-dealkylation sites (tertiary alicyclic amines) is 1.